The molecule has 0 spiro atoms. The van der Waals surface area contributed by atoms with Crippen LogP contribution in [0.3, 0.4) is 0 Å². The molecule has 0 radical (unpaired) electrons. The van der Waals surface area contributed by atoms with E-state index in [0.29, 0.717) is 0 Å². The maximum Gasteiger partial charge on any atom is 0.304 e. The van der Waals surface area contributed by atoms with Crippen LogP contribution in [0.25, 0.3) is 0 Å². The predicted octanol–water partition coefficient (Wildman–Crippen LogP) is 3.46. The summed E-state index contributed by atoms with van der Waals surface area (Å²) >= 11 is 0. The molecule has 1 aromatic rings. The molecule has 2 nitrogen and oxygen atoms in total. The van der Waals surface area contributed by atoms with Crippen molar-refractivity contribution in [3.8, 4) is 0 Å². The van der Waals surface area contributed by atoms with Crippen LogP contribution in [0, 0.1) is 0 Å². The number of carboxylic acids is 1. The Labute approximate surface area is 102 Å². The molecule has 2 aliphatic rings. The van der Waals surface area contributed by atoms with E-state index in [1.807, 2.05) is 0 Å². The van der Waals surface area contributed by atoms with Crippen LogP contribution in [0.1, 0.15) is 55.6 Å². The third-order valence-corrected chi connectivity index (χ3v) is 4.37. The highest BCUT2D eigenvalue weighted by molar-refractivity contribution is 5.69. The summed E-state index contributed by atoms with van der Waals surface area (Å²) in [4.78, 5) is 11.0. The van der Waals surface area contributed by atoms with Crippen LogP contribution < -0.4 is 0 Å². The van der Waals surface area contributed by atoms with Crippen molar-refractivity contribution in [2.24, 2.45) is 0 Å². The van der Waals surface area contributed by atoms with Crippen molar-refractivity contribution in [1.29, 1.82) is 0 Å². The van der Waals surface area contributed by atoms with E-state index < -0.39 is 5.97 Å². The van der Waals surface area contributed by atoms with E-state index in [4.69, 9.17) is 5.11 Å². The van der Waals surface area contributed by atoms with E-state index >= 15 is 0 Å². The number of carboxylic acid groups (broad SMARTS) is 1. The molecule has 2 fully saturated rings. The highest BCUT2D eigenvalue weighted by atomic mass is 16.4. The molecule has 0 amide bonds. The lowest BCUT2D eigenvalue weighted by Crippen LogP contribution is -2.36. The third-order valence-electron chi connectivity index (χ3n) is 4.37. The minimum Gasteiger partial charge on any atom is -0.481 e. The lowest BCUT2D eigenvalue weighted by molar-refractivity contribution is -0.139. The molecule has 0 heterocycles. The summed E-state index contributed by atoms with van der Waals surface area (Å²) < 4.78 is 0. The van der Waals surface area contributed by atoms with Crippen LogP contribution >= 0.6 is 0 Å². The van der Waals surface area contributed by atoms with Crippen LogP contribution in [-0.4, -0.2) is 11.1 Å². The molecule has 0 atom stereocenters. The fourth-order valence-electron chi connectivity index (χ4n) is 2.99. The summed E-state index contributed by atoms with van der Waals surface area (Å²) in [5.74, 6) is 0.108. The number of aliphatic carboxylic acids is 1. The smallest absolute Gasteiger partial charge is 0.304 e. The lowest BCUT2D eigenvalue weighted by atomic mass is 9.62. The highest BCUT2D eigenvalue weighted by Crippen LogP contribution is 2.47. The van der Waals surface area contributed by atoms with E-state index in [2.05, 4.69) is 24.3 Å². The standard InChI is InChI=1S/C15H18O2/c16-14(17)10-15(8-1-9-15)13-6-4-12(5-7-13)11-2-3-11/h4-7,11H,1-3,8-10H2,(H,16,17). The fourth-order valence-corrected chi connectivity index (χ4v) is 2.99. The van der Waals surface area contributed by atoms with E-state index in [1.54, 1.807) is 0 Å². The predicted molar refractivity (Wildman–Crippen MR) is 66.2 cm³/mol. The van der Waals surface area contributed by atoms with Crippen molar-refractivity contribution in [2.75, 3.05) is 0 Å². The summed E-state index contributed by atoms with van der Waals surface area (Å²) in [6.07, 6.45) is 6.15. The van der Waals surface area contributed by atoms with Gasteiger partial charge in [0.15, 0.2) is 0 Å². The van der Waals surface area contributed by atoms with E-state index in [9.17, 15) is 4.79 Å². The largest absolute Gasteiger partial charge is 0.481 e. The summed E-state index contributed by atoms with van der Waals surface area (Å²) in [5, 5.41) is 9.03. The van der Waals surface area contributed by atoms with Gasteiger partial charge in [-0.25, -0.2) is 0 Å². The summed E-state index contributed by atoms with van der Waals surface area (Å²) in [7, 11) is 0. The van der Waals surface area contributed by atoms with Crippen molar-refractivity contribution < 1.29 is 9.90 Å². The summed E-state index contributed by atoms with van der Waals surface area (Å²) in [6, 6.07) is 8.73. The lowest BCUT2D eigenvalue weighted by Gasteiger charge is -2.41. The zero-order chi connectivity index (χ0) is 11.9. The second-order valence-electron chi connectivity index (χ2n) is 5.60. The molecule has 0 saturated heterocycles. The first-order valence-corrected chi connectivity index (χ1v) is 6.52. The summed E-state index contributed by atoms with van der Waals surface area (Å²) in [5.41, 5.74) is 2.60. The summed E-state index contributed by atoms with van der Waals surface area (Å²) in [6.45, 7) is 0. The van der Waals surface area contributed by atoms with E-state index in [0.717, 1.165) is 25.2 Å². The van der Waals surface area contributed by atoms with Crippen LogP contribution in [0.4, 0.5) is 0 Å². The zero-order valence-corrected chi connectivity index (χ0v) is 9.98. The minimum atomic E-state index is -0.670. The van der Waals surface area contributed by atoms with Gasteiger partial charge in [0.05, 0.1) is 6.42 Å². The first kappa shape index (κ1) is 10.8. The third kappa shape index (κ3) is 1.97. The molecule has 0 bridgehead atoms. The van der Waals surface area contributed by atoms with Crippen LogP contribution in [-0.2, 0) is 10.2 Å². The van der Waals surface area contributed by atoms with Gasteiger partial charge in [0.2, 0.25) is 0 Å². The van der Waals surface area contributed by atoms with E-state index in [-0.39, 0.29) is 11.8 Å². The zero-order valence-electron chi connectivity index (χ0n) is 9.98. The Morgan fingerprint density at radius 2 is 1.88 bits per heavy atom. The SMILES string of the molecule is O=C(O)CC1(c2ccc(C3CC3)cc2)CCC1. The van der Waals surface area contributed by atoms with Crippen molar-refractivity contribution in [1.82, 2.24) is 0 Å². The molecular formula is C15H18O2. The second-order valence-corrected chi connectivity index (χ2v) is 5.60. The van der Waals surface area contributed by atoms with Gasteiger partial charge in [-0.2, -0.15) is 0 Å². The highest BCUT2D eigenvalue weighted by Gasteiger charge is 2.40. The number of hydrogen-bond donors (Lipinski definition) is 1. The van der Waals surface area contributed by atoms with Crippen molar-refractivity contribution in [3.63, 3.8) is 0 Å². The molecule has 2 saturated carbocycles. The van der Waals surface area contributed by atoms with Gasteiger partial charge < -0.3 is 5.11 Å². The van der Waals surface area contributed by atoms with Crippen molar-refractivity contribution in [3.05, 3.63) is 35.4 Å². The normalized spacial score (nSPS) is 21.9. The second kappa shape index (κ2) is 3.86. The van der Waals surface area contributed by atoms with Gasteiger partial charge in [-0.3, -0.25) is 4.79 Å². The topological polar surface area (TPSA) is 37.3 Å². The van der Waals surface area contributed by atoms with Crippen molar-refractivity contribution in [2.45, 2.75) is 49.9 Å². The van der Waals surface area contributed by atoms with Gasteiger partial charge in [-0.1, -0.05) is 30.7 Å². The Morgan fingerprint density at radius 3 is 2.29 bits per heavy atom. The van der Waals surface area contributed by atoms with E-state index in [1.165, 1.54) is 24.0 Å². The quantitative estimate of drug-likeness (QED) is 0.860. The Morgan fingerprint density at radius 1 is 1.24 bits per heavy atom. The Kier molecular flexibility index (Phi) is 2.46. The van der Waals surface area contributed by atoms with Gasteiger partial charge >= 0.3 is 5.97 Å². The minimum absolute atomic E-state index is 0.0616. The van der Waals surface area contributed by atoms with Crippen LogP contribution in [0.5, 0.6) is 0 Å². The molecule has 0 unspecified atom stereocenters. The molecule has 0 aromatic heterocycles. The molecule has 90 valence electrons. The molecule has 0 aliphatic heterocycles. The monoisotopic (exact) mass is 230 g/mol. The number of benzene rings is 1. The van der Waals surface area contributed by atoms with Gasteiger partial charge in [0.25, 0.3) is 0 Å². The molecule has 2 aliphatic carbocycles. The maximum atomic E-state index is 11.0. The molecule has 3 rings (SSSR count). The molecule has 1 aromatic carbocycles. The fraction of sp³-hybridized carbons (Fsp3) is 0.533. The van der Waals surface area contributed by atoms with Gasteiger partial charge in [0, 0.05) is 5.41 Å². The van der Waals surface area contributed by atoms with Gasteiger partial charge in [-0.05, 0) is 42.7 Å². The van der Waals surface area contributed by atoms with Crippen LogP contribution in [0.2, 0.25) is 0 Å². The number of rotatable bonds is 4. The Bertz CT molecular complexity index is 425. The first-order valence-electron chi connectivity index (χ1n) is 6.52. The average molecular weight is 230 g/mol. The molecule has 1 N–H and O–H groups in total. The average Bonchev–Trinajstić information content (AvgIpc) is 3.07. The molecule has 17 heavy (non-hydrogen) atoms. The first-order chi connectivity index (χ1) is 8.20. The maximum absolute atomic E-state index is 11.0. The van der Waals surface area contributed by atoms with Gasteiger partial charge in [-0.15, -0.1) is 0 Å². The van der Waals surface area contributed by atoms with Crippen LogP contribution in [0.15, 0.2) is 24.3 Å². The molecular weight excluding hydrogens is 212 g/mol. The number of carbonyl (C=O) groups is 1. The number of hydrogen-bond acceptors (Lipinski definition) is 1. The molecule has 2 heteroatoms. The Balaban J connectivity index is 1.83. The van der Waals surface area contributed by atoms with Crippen molar-refractivity contribution >= 4 is 5.97 Å². The van der Waals surface area contributed by atoms with Gasteiger partial charge in [0.1, 0.15) is 0 Å². The Hall–Kier alpha value is -1.31.